The molecular weight excluding hydrogens is 730 g/mol. The number of carbonyl (C=O) groups is 2. The number of benzene rings is 4. The standard InChI is InChI=1S/C10H12N2O2.C10H9NO.C10H7NO.C9H7BrO.2CH3B/c11-10(12-14)8-3-1-2-7-6(8)4-5-9(7)13;2*11-6-7-2-1-3-9-8(7)4-5-10(9)12;10-8-3-1-2-7-6(8)4-5-9(7)11;2*1-2/h1-3,9,13-14H,4-5H2,(H2,11,12);1-3,10,12H,4-5H2;1-3H,4-5H2;1-3H,4-5H2;2*1H3. The number of aliphatic hydroxyl groups is 2. The van der Waals surface area contributed by atoms with Gasteiger partial charge in [0.1, 0.15) is 0 Å². The van der Waals surface area contributed by atoms with Crippen LogP contribution in [-0.4, -0.2) is 48.5 Å². The van der Waals surface area contributed by atoms with Crippen LogP contribution in [0.1, 0.15) is 109 Å². The minimum absolute atomic E-state index is 0.107. The molecule has 5 N–H and O–H groups in total. The highest BCUT2D eigenvalue weighted by molar-refractivity contribution is 9.10. The van der Waals surface area contributed by atoms with Gasteiger partial charge in [0.25, 0.3) is 0 Å². The predicted molar refractivity (Wildman–Crippen MR) is 211 cm³/mol. The van der Waals surface area contributed by atoms with Crippen LogP contribution in [0.2, 0.25) is 13.6 Å². The number of rotatable bonds is 1. The molecule has 0 saturated heterocycles. The number of halogens is 1. The number of nitriles is 2. The maximum atomic E-state index is 11.2. The fourth-order valence-electron chi connectivity index (χ4n) is 6.71. The van der Waals surface area contributed by atoms with Gasteiger partial charge in [-0.25, -0.2) is 0 Å². The van der Waals surface area contributed by atoms with E-state index in [-0.39, 0.29) is 23.5 Å². The number of ketones is 2. The number of fused-ring (bicyclic) bond motifs is 4. The first-order valence-electron chi connectivity index (χ1n) is 17.2. The first kappa shape index (κ1) is 42.4. The summed E-state index contributed by atoms with van der Waals surface area (Å²) in [6, 6.07) is 26.4. The third kappa shape index (κ3) is 10.1. The molecule has 4 radical (unpaired) electrons. The minimum Gasteiger partial charge on any atom is -0.409 e. The van der Waals surface area contributed by atoms with Crippen molar-refractivity contribution in [2.24, 2.45) is 10.9 Å². The second kappa shape index (κ2) is 20.9. The topological polar surface area (TPSA) is 181 Å². The number of carbonyl (C=O) groups excluding carboxylic acids is 2. The van der Waals surface area contributed by atoms with Crippen LogP contribution < -0.4 is 5.73 Å². The van der Waals surface area contributed by atoms with Crippen molar-refractivity contribution >= 4 is 49.0 Å². The normalized spacial score (nSPS) is 16.6. The summed E-state index contributed by atoms with van der Waals surface area (Å²) in [6.45, 7) is 3.00. The van der Waals surface area contributed by atoms with E-state index in [1.165, 1.54) is 19.2 Å². The van der Waals surface area contributed by atoms with E-state index in [4.69, 9.17) is 21.5 Å². The number of amidine groups is 1. The van der Waals surface area contributed by atoms with Gasteiger partial charge in [-0.3, -0.25) is 9.59 Å². The molecule has 2 atom stereocenters. The number of nitrogens with two attached hydrogens (primary N) is 1. The molecular formula is C41H41B2BrN4O5. The van der Waals surface area contributed by atoms with Crippen LogP contribution in [-0.2, 0) is 25.7 Å². The van der Waals surface area contributed by atoms with Gasteiger partial charge in [-0.15, -0.1) is 0 Å². The maximum absolute atomic E-state index is 11.2. The second-order valence-electron chi connectivity index (χ2n) is 12.0. The Kier molecular flexibility index (Phi) is 16.7. The van der Waals surface area contributed by atoms with Crippen LogP contribution in [0.25, 0.3) is 0 Å². The monoisotopic (exact) mass is 770 g/mol. The Morgan fingerprint density at radius 2 is 1.13 bits per heavy atom. The average Bonchev–Trinajstić information content (AvgIpc) is 4.00. The van der Waals surface area contributed by atoms with Gasteiger partial charge in [0.15, 0.2) is 17.4 Å². The molecule has 0 spiro atoms. The minimum atomic E-state index is -0.406. The molecule has 0 amide bonds. The van der Waals surface area contributed by atoms with Crippen molar-refractivity contribution in [3.8, 4) is 12.1 Å². The average molecular weight is 771 g/mol. The summed E-state index contributed by atoms with van der Waals surface area (Å²) >= 11 is 3.42. The molecule has 268 valence electrons. The summed E-state index contributed by atoms with van der Waals surface area (Å²) in [5.74, 6) is 0.555. The zero-order valence-electron chi connectivity index (χ0n) is 29.8. The number of hydrogen-bond donors (Lipinski definition) is 4. The van der Waals surface area contributed by atoms with E-state index in [9.17, 15) is 19.8 Å². The van der Waals surface area contributed by atoms with Crippen LogP contribution in [0.15, 0.2) is 82.4 Å². The highest BCUT2D eigenvalue weighted by atomic mass is 79.9. The largest absolute Gasteiger partial charge is 0.409 e. The molecule has 4 aliphatic carbocycles. The van der Waals surface area contributed by atoms with Gasteiger partial charge < -0.3 is 21.2 Å². The Balaban J connectivity index is 0.000000185. The van der Waals surface area contributed by atoms with Crippen LogP contribution in [0.5, 0.6) is 0 Å². The van der Waals surface area contributed by atoms with Crippen molar-refractivity contribution in [1.29, 1.82) is 10.5 Å². The molecule has 8 rings (SSSR count). The van der Waals surface area contributed by atoms with E-state index < -0.39 is 6.10 Å². The molecule has 0 fully saturated rings. The first-order chi connectivity index (χ1) is 25.7. The number of aliphatic hydroxyl groups excluding tert-OH is 2. The molecule has 0 aliphatic heterocycles. The Morgan fingerprint density at radius 3 is 1.68 bits per heavy atom. The highest BCUT2D eigenvalue weighted by Crippen LogP contribution is 2.34. The number of nitrogens with zero attached hydrogens (tertiary/aromatic N) is 3. The van der Waals surface area contributed by atoms with Crippen LogP contribution in [0.3, 0.4) is 0 Å². The zero-order chi connectivity index (χ0) is 39.1. The third-order valence-corrected chi connectivity index (χ3v) is 9.95. The number of hydrogen-bond acceptors (Lipinski definition) is 8. The molecule has 12 heteroatoms. The van der Waals surface area contributed by atoms with Crippen molar-refractivity contribution in [3.63, 3.8) is 0 Å². The lowest BCUT2D eigenvalue weighted by molar-refractivity contribution is 0.0986. The summed E-state index contributed by atoms with van der Waals surface area (Å²) in [5.41, 5.74) is 15.2. The zero-order valence-corrected chi connectivity index (χ0v) is 31.4. The molecule has 9 nitrogen and oxygen atoms in total. The van der Waals surface area contributed by atoms with Gasteiger partial charge >= 0.3 is 0 Å². The van der Waals surface area contributed by atoms with E-state index in [0.717, 1.165) is 81.1 Å². The summed E-state index contributed by atoms with van der Waals surface area (Å²) in [5, 5.41) is 48.2. The van der Waals surface area contributed by atoms with E-state index in [1.54, 1.807) is 36.4 Å². The van der Waals surface area contributed by atoms with Crippen molar-refractivity contribution in [2.45, 2.75) is 77.2 Å². The lowest BCUT2D eigenvalue weighted by Gasteiger charge is -2.07. The fourth-order valence-corrected chi connectivity index (χ4v) is 7.27. The van der Waals surface area contributed by atoms with Gasteiger partial charge in [-0.2, -0.15) is 10.5 Å². The Hall–Kier alpha value is -5.00. The fraction of sp³-hybridized carbons (Fsp3) is 0.293. The molecule has 0 aromatic heterocycles. The van der Waals surface area contributed by atoms with Crippen molar-refractivity contribution in [1.82, 2.24) is 0 Å². The molecule has 0 saturated carbocycles. The Bertz CT molecular complexity index is 2040. The van der Waals surface area contributed by atoms with Gasteiger partial charge in [-0.1, -0.05) is 89.3 Å². The lowest BCUT2D eigenvalue weighted by Crippen LogP contribution is -2.15. The molecule has 53 heavy (non-hydrogen) atoms. The van der Waals surface area contributed by atoms with E-state index >= 15 is 0 Å². The van der Waals surface area contributed by atoms with Crippen LogP contribution in [0.4, 0.5) is 0 Å². The van der Waals surface area contributed by atoms with Gasteiger partial charge in [0.2, 0.25) is 0 Å². The molecule has 0 bridgehead atoms. The van der Waals surface area contributed by atoms with Gasteiger partial charge in [0, 0.05) is 34.0 Å². The van der Waals surface area contributed by atoms with Crippen molar-refractivity contribution < 1.29 is 25.0 Å². The Morgan fingerprint density at radius 1 is 0.679 bits per heavy atom. The summed E-state index contributed by atoms with van der Waals surface area (Å²) < 4.78 is 1.07. The van der Waals surface area contributed by atoms with E-state index in [1.807, 2.05) is 36.4 Å². The highest BCUT2D eigenvalue weighted by Gasteiger charge is 2.24. The summed E-state index contributed by atoms with van der Waals surface area (Å²) in [4.78, 5) is 22.4. The number of Topliss-reactive ketones (excluding diaryl/α,β-unsaturated/α-hetero) is 2. The van der Waals surface area contributed by atoms with Crippen LogP contribution in [0, 0.1) is 22.7 Å². The molecule has 4 aliphatic rings. The first-order valence-corrected chi connectivity index (χ1v) is 18.0. The predicted octanol–water partition coefficient (Wildman–Crippen LogP) is 6.97. The molecule has 4 aromatic rings. The second-order valence-corrected chi connectivity index (χ2v) is 12.9. The lowest BCUT2D eigenvalue weighted by atomic mass is 10.0. The number of oxime groups is 1. The quantitative estimate of drug-likeness (QED) is 0.0527. The molecule has 4 aromatic carbocycles. The van der Waals surface area contributed by atoms with Gasteiger partial charge in [0.05, 0.1) is 51.2 Å². The maximum Gasteiger partial charge on any atom is 0.170 e. The van der Waals surface area contributed by atoms with Crippen molar-refractivity contribution in [2.75, 3.05) is 0 Å². The van der Waals surface area contributed by atoms with Gasteiger partial charge in [-0.05, 0) is 90.1 Å². The third-order valence-electron chi connectivity index (χ3n) is 9.20. The summed E-state index contributed by atoms with van der Waals surface area (Å²) in [7, 11) is 9.00. The van der Waals surface area contributed by atoms with Crippen molar-refractivity contribution in [3.05, 3.63) is 138 Å². The molecule has 0 heterocycles. The Labute approximate surface area is 322 Å². The summed E-state index contributed by atoms with van der Waals surface area (Å²) in [6.07, 6.45) is 5.20. The smallest absolute Gasteiger partial charge is 0.170 e. The van der Waals surface area contributed by atoms with E-state index in [2.05, 4.69) is 48.9 Å². The molecule has 2 unspecified atom stereocenters. The van der Waals surface area contributed by atoms with Crippen LogP contribution >= 0.6 is 15.9 Å². The SMILES string of the molecule is N#Cc1cccc2c1CCC2=O.N#Cc1cccc2c1CCC2O.NC(=NO)c1cccc2c1CCC2O.O=C1CCc2c(Br)cccc21.[B]C.[B]C. The van der Waals surface area contributed by atoms with E-state index in [0.29, 0.717) is 30.4 Å².